The molecule has 0 amide bonds. The van der Waals surface area contributed by atoms with Gasteiger partial charge in [0.05, 0.1) is 10.3 Å². The summed E-state index contributed by atoms with van der Waals surface area (Å²) in [5.74, 6) is 0.424. The molecule has 116 valence electrons. The summed E-state index contributed by atoms with van der Waals surface area (Å²) < 4.78 is 13.3. The average molecular weight is 315 g/mol. The van der Waals surface area contributed by atoms with Crippen LogP contribution in [0, 0.1) is 27.8 Å². The number of hydrogen-bond acceptors (Lipinski definition) is 3. The Bertz CT molecular complexity index is 516. The summed E-state index contributed by atoms with van der Waals surface area (Å²) in [6.07, 6.45) is 1.21. The molecule has 1 saturated heterocycles. The molecule has 0 saturated carbocycles. The molecule has 0 radical (unpaired) electrons. The standard InChI is InChI=1S/C15H20ClFN2O2/c1-10-5-11(2)8-18(7-10)9-13(16)12-3-4-14(17)15(6-12)19(20)21/h3-4,6,10-11,13H,5,7-9H2,1-2H3. The molecule has 3 unspecified atom stereocenters. The molecule has 1 fully saturated rings. The van der Waals surface area contributed by atoms with Crippen LogP contribution in [-0.2, 0) is 0 Å². The number of alkyl halides is 1. The highest BCUT2D eigenvalue weighted by atomic mass is 35.5. The van der Waals surface area contributed by atoms with Gasteiger partial charge in [-0.1, -0.05) is 19.9 Å². The first-order valence-corrected chi connectivity index (χ1v) is 7.60. The molecule has 6 heteroatoms. The van der Waals surface area contributed by atoms with E-state index < -0.39 is 16.4 Å². The summed E-state index contributed by atoms with van der Waals surface area (Å²) in [4.78, 5) is 12.4. The molecule has 1 heterocycles. The number of rotatable bonds is 4. The predicted octanol–water partition coefficient (Wildman–Crippen LogP) is 3.99. The van der Waals surface area contributed by atoms with E-state index in [0.717, 1.165) is 19.2 Å². The number of nitro benzene ring substituents is 1. The van der Waals surface area contributed by atoms with E-state index in [1.807, 2.05) is 0 Å². The Labute approximate surface area is 129 Å². The molecule has 1 aromatic rings. The van der Waals surface area contributed by atoms with Gasteiger partial charge in [-0.3, -0.25) is 10.1 Å². The van der Waals surface area contributed by atoms with Crippen LogP contribution in [0.3, 0.4) is 0 Å². The van der Waals surface area contributed by atoms with Gasteiger partial charge in [0.1, 0.15) is 0 Å². The van der Waals surface area contributed by atoms with Crippen molar-refractivity contribution in [2.75, 3.05) is 19.6 Å². The molecule has 0 aromatic heterocycles. The number of halogens is 2. The summed E-state index contributed by atoms with van der Waals surface area (Å²) in [6, 6.07) is 3.88. The Morgan fingerprint density at radius 2 is 2.05 bits per heavy atom. The normalized spacial score (nSPS) is 24.8. The van der Waals surface area contributed by atoms with Crippen LogP contribution in [-0.4, -0.2) is 29.5 Å². The van der Waals surface area contributed by atoms with Crippen LogP contribution in [0.15, 0.2) is 18.2 Å². The molecule has 1 aliphatic heterocycles. The zero-order valence-electron chi connectivity index (χ0n) is 12.3. The fraction of sp³-hybridized carbons (Fsp3) is 0.600. The second kappa shape index (κ2) is 6.71. The van der Waals surface area contributed by atoms with Gasteiger partial charge in [-0.25, -0.2) is 0 Å². The van der Waals surface area contributed by atoms with Crippen molar-refractivity contribution >= 4 is 17.3 Å². The van der Waals surface area contributed by atoms with Crippen LogP contribution in [0.1, 0.15) is 31.2 Å². The molecule has 21 heavy (non-hydrogen) atoms. The van der Waals surface area contributed by atoms with E-state index >= 15 is 0 Å². The Hall–Kier alpha value is -1.20. The molecule has 2 rings (SSSR count). The van der Waals surface area contributed by atoms with Crippen LogP contribution in [0.25, 0.3) is 0 Å². The van der Waals surface area contributed by atoms with Crippen molar-refractivity contribution in [3.8, 4) is 0 Å². The molecule has 1 aliphatic rings. The minimum atomic E-state index is -0.826. The third-order valence-electron chi connectivity index (χ3n) is 3.89. The summed E-state index contributed by atoms with van der Waals surface area (Å²) in [7, 11) is 0. The smallest absolute Gasteiger partial charge is 0.301 e. The van der Waals surface area contributed by atoms with Crippen LogP contribution < -0.4 is 0 Å². The topological polar surface area (TPSA) is 46.4 Å². The molecule has 0 N–H and O–H groups in total. The van der Waals surface area contributed by atoms with E-state index in [0.29, 0.717) is 23.9 Å². The lowest BCUT2D eigenvalue weighted by atomic mass is 9.91. The van der Waals surface area contributed by atoms with E-state index in [1.165, 1.54) is 18.6 Å². The SMILES string of the molecule is CC1CC(C)CN(CC(Cl)c2ccc(F)c([N+](=O)[O-])c2)C1. The van der Waals surface area contributed by atoms with Gasteiger partial charge in [0.25, 0.3) is 0 Å². The van der Waals surface area contributed by atoms with Crippen LogP contribution >= 0.6 is 11.6 Å². The van der Waals surface area contributed by atoms with Crippen LogP contribution in [0.4, 0.5) is 10.1 Å². The fourth-order valence-corrected chi connectivity index (χ4v) is 3.47. The monoisotopic (exact) mass is 314 g/mol. The second-order valence-corrected chi connectivity index (χ2v) is 6.63. The van der Waals surface area contributed by atoms with E-state index in [1.54, 1.807) is 0 Å². The molecular weight excluding hydrogens is 295 g/mol. The Kier molecular flexibility index (Phi) is 5.17. The number of benzene rings is 1. The second-order valence-electron chi connectivity index (χ2n) is 6.10. The van der Waals surface area contributed by atoms with Gasteiger partial charge in [0.2, 0.25) is 5.82 Å². The molecule has 0 spiro atoms. The van der Waals surface area contributed by atoms with E-state index in [2.05, 4.69) is 18.7 Å². The summed E-state index contributed by atoms with van der Waals surface area (Å²) >= 11 is 6.38. The number of nitro groups is 1. The fourth-order valence-electron chi connectivity index (χ4n) is 3.14. The zero-order valence-corrected chi connectivity index (χ0v) is 13.0. The maximum absolute atomic E-state index is 13.3. The minimum Gasteiger partial charge on any atom is -0.301 e. The summed E-state index contributed by atoms with van der Waals surface area (Å²) in [5, 5.41) is 10.4. The number of piperidine rings is 1. The van der Waals surface area contributed by atoms with Crippen molar-refractivity contribution in [1.82, 2.24) is 4.90 Å². The lowest BCUT2D eigenvalue weighted by molar-refractivity contribution is -0.387. The van der Waals surface area contributed by atoms with Gasteiger partial charge < -0.3 is 4.90 Å². The van der Waals surface area contributed by atoms with Crippen molar-refractivity contribution < 1.29 is 9.31 Å². The highest BCUT2D eigenvalue weighted by Gasteiger charge is 2.25. The quantitative estimate of drug-likeness (QED) is 0.479. The molecule has 4 nitrogen and oxygen atoms in total. The highest BCUT2D eigenvalue weighted by molar-refractivity contribution is 6.21. The number of nitrogens with zero attached hydrogens (tertiary/aromatic N) is 2. The van der Waals surface area contributed by atoms with Crippen molar-refractivity contribution in [1.29, 1.82) is 0 Å². The lowest BCUT2D eigenvalue weighted by Gasteiger charge is -2.36. The van der Waals surface area contributed by atoms with E-state index in [4.69, 9.17) is 11.6 Å². The van der Waals surface area contributed by atoms with Crippen LogP contribution in [0.2, 0.25) is 0 Å². The maximum Gasteiger partial charge on any atom is 0.305 e. The van der Waals surface area contributed by atoms with Gasteiger partial charge in [-0.05, 0) is 29.9 Å². The molecule has 0 aliphatic carbocycles. The first-order chi connectivity index (χ1) is 9.86. The van der Waals surface area contributed by atoms with E-state index in [-0.39, 0.29) is 5.38 Å². The summed E-state index contributed by atoms with van der Waals surface area (Å²) in [6.45, 7) is 7.02. The van der Waals surface area contributed by atoms with Gasteiger partial charge in [-0.15, -0.1) is 11.6 Å². The van der Waals surface area contributed by atoms with Gasteiger partial charge >= 0.3 is 5.69 Å². The number of hydrogen-bond donors (Lipinski definition) is 0. The van der Waals surface area contributed by atoms with Gasteiger partial charge in [0, 0.05) is 25.7 Å². The Morgan fingerprint density at radius 3 is 2.62 bits per heavy atom. The first-order valence-electron chi connectivity index (χ1n) is 7.17. The Morgan fingerprint density at radius 1 is 1.43 bits per heavy atom. The van der Waals surface area contributed by atoms with E-state index in [9.17, 15) is 14.5 Å². The molecule has 0 bridgehead atoms. The van der Waals surface area contributed by atoms with Gasteiger partial charge in [0.15, 0.2) is 0 Å². The average Bonchev–Trinajstić information content (AvgIpc) is 2.37. The van der Waals surface area contributed by atoms with Gasteiger partial charge in [-0.2, -0.15) is 4.39 Å². The zero-order chi connectivity index (χ0) is 15.6. The molecule has 3 atom stereocenters. The third kappa shape index (κ3) is 4.14. The van der Waals surface area contributed by atoms with Crippen molar-refractivity contribution in [3.05, 3.63) is 39.7 Å². The van der Waals surface area contributed by atoms with Crippen LogP contribution in [0.5, 0.6) is 0 Å². The maximum atomic E-state index is 13.3. The van der Waals surface area contributed by atoms with Crippen molar-refractivity contribution in [2.45, 2.75) is 25.6 Å². The molecular formula is C15H20ClFN2O2. The van der Waals surface area contributed by atoms with Crippen molar-refractivity contribution in [2.24, 2.45) is 11.8 Å². The summed E-state index contributed by atoms with van der Waals surface area (Å²) in [5.41, 5.74) is 0.0779. The lowest BCUT2D eigenvalue weighted by Crippen LogP contribution is -2.40. The molecule has 1 aromatic carbocycles. The number of likely N-dealkylation sites (tertiary alicyclic amines) is 1. The third-order valence-corrected chi connectivity index (χ3v) is 4.28. The largest absolute Gasteiger partial charge is 0.305 e. The predicted molar refractivity (Wildman–Crippen MR) is 81.0 cm³/mol. The first kappa shape index (κ1) is 16.2. The van der Waals surface area contributed by atoms with Crippen molar-refractivity contribution in [3.63, 3.8) is 0 Å². The minimum absolute atomic E-state index is 0.373. The highest BCUT2D eigenvalue weighted by Crippen LogP contribution is 2.29. The Balaban J connectivity index is 2.08.